The normalized spacial score (nSPS) is 17.4. The smallest absolute Gasteiger partial charge is 0.315 e. The van der Waals surface area contributed by atoms with E-state index in [0.717, 1.165) is 45.2 Å². The molecule has 178 valence electrons. The highest BCUT2D eigenvalue weighted by Crippen LogP contribution is 2.33. The third-order valence-corrected chi connectivity index (χ3v) is 6.28. The van der Waals surface area contributed by atoms with Crippen LogP contribution in [0.15, 0.2) is 48.5 Å². The van der Waals surface area contributed by atoms with Crippen molar-refractivity contribution in [3.63, 3.8) is 0 Å². The average Bonchev–Trinajstić information content (AvgIpc) is 3.36. The van der Waals surface area contributed by atoms with E-state index >= 15 is 0 Å². The summed E-state index contributed by atoms with van der Waals surface area (Å²) in [4.78, 5) is 14.9. The summed E-state index contributed by atoms with van der Waals surface area (Å²) in [6.07, 6.45) is 4.39. The minimum atomic E-state index is -0.842. The number of benzene rings is 2. The first-order chi connectivity index (χ1) is 16.2. The summed E-state index contributed by atoms with van der Waals surface area (Å²) in [5.41, 5.74) is 2.03. The second-order valence-electron chi connectivity index (χ2n) is 8.81. The van der Waals surface area contributed by atoms with E-state index in [0.29, 0.717) is 43.4 Å². The molecular formula is C26H35N3O4. The zero-order valence-corrected chi connectivity index (χ0v) is 19.2. The molecule has 0 saturated carbocycles. The van der Waals surface area contributed by atoms with Crippen LogP contribution < -0.4 is 20.1 Å². The highest BCUT2D eigenvalue weighted by atomic mass is 16.6. The lowest BCUT2D eigenvalue weighted by molar-refractivity contribution is 0.108. The molecule has 7 heteroatoms. The molecule has 2 aliphatic heterocycles. The van der Waals surface area contributed by atoms with Crippen molar-refractivity contribution in [2.24, 2.45) is 0 Å². The van der Waals surface area contributed by atoms with Crippen LogP contribution in [-0.4, -0.2) is 61.5 Å². The summed E-state index contributed by atoms with van der Waals surface area (Å²) < 4.78 is 11.3. The van der Waals surface area contributed by atoms with Crippen molar-refractivity contribution in [2.75, 3.05) is 39.4 Å². The third-order valence-electron chi connectivity index (χ3n) is 6.28. The monoisotopic (exact) mass is 453 g/mol. The number of hydrogen-bond donors (Lipinski definition) is 3. The van der Waals surface area contributed by atoms with Crippen LogP contribution in [0.4, 0.5) is 4.79 Å². The van der Waals surface area contributed by atoms with Crippen LogP contribution in [0.2, 0.25) is 0 Å². The molecule has 2 atom stereocenters. The summed E-state index contributed by atoms with van der Waals surface area (Å²) in [6.45, 7) is 4.22. The van der Waals surface area contributed by atoms with Gasteiger partial charge in [0.1, 0.15) is 19.3 Å². The second-order valence-corrected chi connectivity index (χ2v) is 8.81. The zero-order chi connectivity index (χ0) is 22.9. The number of carbonyl (C=O) groups is 1. The van der Waals surface area contributed by atoms with Gasteiger partial charge in [0.05, 0.1) is 6.04 Å². The molecule has 7 nitrogen and oxygen atoms in total. The van der Waals surface area contributed by atoms with Crippen molar-refractivity contribution in [1.82, 2.24) is 15.5 Å². The Labute approximate surface area is 196 Å². The molecule has 33 heavy (non-hydrogen) atoms. The number of aliphatic hydroxyl groups is 1. The van der Waals surface area contributed by atoms with Gasteiger partial charge in [0.15, 0.2) is 11.5 Å². The van der Waals surface area contributed by atoms with Crippen molar-refractivity contribution in [1.29, 1.82) is 0 Å². The Morgan fingerprint density at radius 1 is 1.00 bits per heavy atom. The Morgan fingerprint density at radius 2 is 1.76 bits per heavy atom. The summed E-state index contributed by atoms with van der Waals surface area (Å²) in [7, 11) is 0. The molecule has 1 saturated heterocycles. The number of ether oxygens (including phenoxy) is 2. The highest BCUT2D eigenvalue weighted by Gasteiger charge is 2.27. The van der Waals surface area contributed by atoms with Gasteiger partial charge in [0, 0.05) is 13.1 Å². The first-order valence-corrected chi connectivity index (χ1v) is 12.1. The fourth-order valence-corrected chi connectivity index (χ4v) is 4.46. The second kappa shape index (κ2) is 11.9. The lowest BCUT2D eigenvalue weighted by atomic mass is 10.0. The van der Waals surface area contributed by atoms with E-state index in [1.807, 2.05) is 24.3 Å². The summed E-state index contributed by atoms with van der Waals surface area (Å²) in [6, 6.07) is 15.2. The van der Waals surface area contributed by atoms with Crippen LogP contribution in [0.1, 0.15) is 42.9 Å². The first kappa shape index (κ1) is 23.4. The SMILES string of the molecule is O=C(NCCCCc1ccccc1)NC(CN1CCCC1)C(O)c1ccc2c(c1)OCCO2. The number of urea groups is 1. The number of aryl methyl sites for hydroxylation is 1. The van der Waals surface area contributed by atoms with Gasteiger partial charge in [-0.15, -0.1) is 0 Å². The molecule has 0 bridgehead atoms. The Bertz CT molecular complexity index is 886. The van der Waals surface area contributed by atoms with Crippen molar-refractivity contribution in [2.45, 2.75) is 44.2 Å². The van der Waals surface area contributed by atoms with Gasteiger partial charge in [-0.25, -0.2) is 4.79 Å². The summed E-state index contributed by atoms with van der Waals surface area (Å²) in [5.74, 6) is 1.33. The van der Waals surface area contributed by atoms with Crippen LogP contribution in [0, 0.1) is 0 Å². The summed E-state index contributed by atoms with van der Waals surface area (Å²) in [5, 5.41) is 17.1. The van der Waals surface area contributed by atoms with Crippen molar-refractivity contribution < 1.29 is 19.4 Å². The number of nitrogens with one attached hydrogen (secondary N) is 2. The molecule has 3 N–H and O–H groups in total. The third kappa shape index (κ3) is 6.85. The lowest BCUT2D eigenvalue weighted by Gasteiger charge is -2.29. The number of nitrogens with zero attached hydrogens (tertiary/aromatic N) is 1. The number of likely N-dealkylation sites (tertiary alicyclic amines) is 1. The van der Waals surface area contributed by atoms with E-state index in [1.54, 1.807) is 0 Å². The molecule has 2 unspecified atom stereocenters. The van der Waals surface area contributed by atoms with Gasteiger partial charge in [-0.05, 0) is 68.5 Å². The fourth-order valence-electron chi connectivity index (χ4n) is 4.46. The number of unbranched alkanes of at least 4 members (excludes halogenated alkanes) is 1. The van der Waals surface area contributed by atoms with Crippen LogP contribution >= 0.6 is 0 Å². The lowest BCUT2D eigenvalue weighted by Crippen LogP contribution is -2.50. The predicted molar refractivity (Wildman–Crippen MR) is 128 cm³/mol. The Morgan fingerprint density at radius 3 is 2.55 bits per heavy atom. The molecule has 2 aliphatic rings. The Hall–Kier alpha value is -2.77. The molecule has 0 aliphatic carbocycles. The molecule has 2 heterocycles. The largest absolute Gasteiger partial charge is 0.486 e. The molecule has 2 aromatic carbocycles. The van der Waals surface area contributed by atoms with Gasteiger partial charge in [-0.1, -0.05) is 36.4 Å². The molecular weight excluding hydrogens is 418 g/mol. The van der Waals surface area contributed by atoms with E-state index in [4.69, 9.17) is 9.47 Å². The van der Waals surface area contributed by atoms with Crippen molar-refractivity contribution >= 4 is 6.03 Å². The van der Waals surface area contributed by atoms with Crippen LogP contribution in [0.5, 0.6) is 11.5 Å². The highest BCUT2D eigenvalue weighted by molar-refractivity contribution is 5.74. The Balaban J connectivity index is 1.30. The van der Waals surface area contributed by atoms with Crippen LogP contribution in [0.25, 0.3) is 0 Å². The number of amides is 2. The maximum absolute atomic E-state index is 12.6. The van der Waals surface area contributed by atoms with Gasteiger partial charge in [0.2, 0.25) is 0 Å². The molecule has 4 rings (SSSR count). The number of fused-ring (bicyclic) bond motifs is 1. The van der Waals surface area contributed by atoms with Crippen molar-refractivity contribution in [3.8, 4) is 11.5 Å². The van der Waals surface area contributed by atoms with E-state index in [9.17, 15) is 9.90 Å². The molecule has 0 radical (unpaired) electrons. The molecule has 0 spiro atoms. The van der Waals surface area contributed by atoms with Gasteiger partial charge in [0.25, 0.3) is 0 Å². The quantitative estimate of drug-likeness (QED) is 0.481. The number of carbonyl (C=O) groups excluding carboxylic acids is 1. The molecule has 0 aromatic heterocycles. The van der Waals surface area contributed by atoms with E-state index in [2.05, 4.69) is 39.8 Å². The van der Waals surface area contributed by atoms with Gasteiger partial charge in [-0.3, -0.25) is 0 Å². The Kier molecular flexibility index (Phi) is 8.44. The summed E-state index contributed by atoms with van der Waals surface area (Å²) >= 11 is 0. The minimum Gasteiger partial charge on any atom is -0.486 e. The van der Waals surface area contributed by atoms with Gasteiger partial charge < -0.3 is 30.1 Å². The molecule has 2 amide bonds. The average molecular weight is 454 g/mol. The van der Waals surface area contributed by atoms with Crippen LogP contribution in [-0.2, 0) is 6.42 Å². The fraction of sp³-hybridized carbons (Fsp3) is 0.500. The number of hydrogen-bond acceptors (Lipinski definition) is 5. The van der Waals surface area contributed by atoms with Gasteiger partial charge >= 0.3 is 6.03 Å². The zero-order valence-electron chi connectivity index (χ0n) is 19.2. The minimum absolute atomic E-state index is 0.240. The maximum atomic E-state index is 12.6. The van der Waals surface area contributed by atoms with E-state index in [-0.39, 0.29) is 6.03 Å². The first-order valence-electron chi connectivity index (χ1n) is 12.1. The number of aliphatic hydroxyl groups excluding tert-OH is 1. The van der Waals surface area contributed by atoms with E-state index in [1.165, 1.54) is 5.56 Å². The van der Waals surface area contributed by atoms with E-state index < -0.39 is 12.1 Å². The predicted octanol–water partition coefficient (Wildman–Crippen LogP) is 3.28. The number of rotatable bonds is 10. The molecule has 1 fully saturated rings. The maximum Gasteiger partial charge on any atom is 0.315 e. The standard InChI is InChI=1S/C26H35N3O4/c30-25(21-11-12-23-24(18-21)33-17-16-32-23)22(19-29-14-6-7-15-29)28-26(31)27-13-5-4-10-20-8-2-1-3-9-20/h1-3,8-9,11-12,18,22,25,30H,4-7,10,13-17,19H2,(H2,27,28,31). The van der Waals surface area contributed by atoms with Crippen molar-refractivity contribution in [3.05, 3.63) is 59.7 Å². The topological polar surface area (TPSA) is 83.1 Å². The van der Waals surface area contributed by atoms with Gasteiger partial charge in [-0.2, -0.15) is 0 Å². The molecule has 2 aromatic rings. The van der Waals surface area contributed by atoms with Crippen LogP contribution in [0.3, 0.4) is 0 Å².